The van der Waals surface area contributed by atoms with Crippen molar-refractivity contribution in [2.45, 2.75) is 25.9 Å². The summed E-state index contributed by atoms with van der Waals surface area (Å²) in [6, 6.07) is 4.39. The van der Waals surface area contributed by atoms with E-state index in [0.29, 0.717) is 12.3 Å². The zero-order chi connectivity index (χ0) is 12.2. The minimum atomic E-state index is -0.392. The molecule has 1 rings (SSSR count). The zero-order valence-electron chi connectivity index (χ0n) is 9.88. The molecule has 0 amide bonds. The lowest BCUT2D eigenvalue weighted by Crippen LogP contribution is -2.42. The highest BCUT2D eigenvalue weighted by molar-refractivity contribution is 5.33. The van der Waals surface area contributed by atoms with Gasteiger partial charge in [0, 0.05) is 17.6 Å². The number of methoxy groups -OCH3 is 1. The molecule has 90 valence electrons. The maximum absolute atomic E-state index is 13.1. The summed E-state index contributed by atoms with van der Waals surface area (Å²) in [5.74, 6) is 0.349. The lowest BCUT2D eigenvalue weighted by atomic mass is 10.1. The van der Waals surface area contributed by atoms with Crippen LogP contribution in [0.2, 0.25) is 0 Å². The van der Waals surface area contributed by atoms with Crippen molar-refractivity contribution in [3.05, 3.63) is 29.6 Å². The molecule has 4 heteroatoms. The van der Waals surface area contributed by atoms with Crippen LogP contribution in [0.3, 0.4) is 0 Å². The largest absolute Gasteiger partial charge is 0.496 e. The third-order valence-electron chi connectivity index (χ3n) is 2.40. The average molecular weight is 227 g/mol. The van der Waals surface area contributed by atoms with Gasteiger partial charge < -0.3 is 15.2 Å². The predicted octanol–water partition coefficient (Wildman–Crippen LogP) is 1.69. The van der Waals surface area contributed by atoms with Gasteiger partial charge in [0.1, 0.15) is 11.6 Å². The Hall–Kier alpha value is -1.13. The van der Waals surface area contributed by atoms with Crippen LogP contribution in [0.5, 0.6) is 5.75 Å². The maximum Gasteiger partial charge on any atom is 0.123 e. The van der Waals surface area contributed by atoms with Gasteiger partial charge in [-0.25, -0.2) is 4.39 Å². The molecule has 0 heterocycles. The van der Waals surface area contributed by atoms with Crippen molar-refractivity contribution in [2.75, 3.05) is 13.7 Å². The first-order valence-electron chi connectivity index (χ1n) is 5.17. The molecule has 0 aliphatic heterocycles. The summed E-state index contributed by atoms with van der Waals surface area (Å²) in [7, 11) is 1.55. The van der Waals surface area contributed by atoms with E-state index in [-0.39, 0.29) is 12.4 Å². The number of aliphatic hydroxyl groups is 1. The minimum Gasteiger partial charge on any atom is -0.496 e. The van der Waals surface area contributed by atoms with Gasteiger partial charge in [-0.05, 0) is 32.0 Å². The van der Waals surface area contributed by atoms with E-state index < -0.39 is 5.54 Å². The molecule has 3 nitrogen and oxygen atoms in total. The molecule has 0 aliphatic rings. The Morgan fingerprint density at radius 3 is 2.69 bits per heavy atom. The molecule has 1 aromatic rings. The van der Waals surface area contributed by atoms with Gasteiger partial charge in [0.15, 0.2) is 0 Å². The van der Waals surface area contributed by atoms with Crippen molar-refractivity contribution < 1.29 is 14.2 Å². The summed E-state index contributed by atoms with van der Waals surface area (Å²) >= 11 is 0. The van der Waals surface area contributed by atoms with Gasteiger partial charge in [-0.15, -0.1) is 0 Å². The average Bonchev–Trinajstić information content (AvgIpc) is 2.27. The second-order valence-corrected chi connectivity index (χ2v) is 4.35. The van der Waals surface area contributed by atoms with Crippen molar-refractivity contribution in [2.24, 2.45) is 0 Å². The molecule has 2 N–H and O–H groups in total. The van der Waals surface area contributed by atoms with E-state index in [9.17, 15) is 4.39 Å². The summed E-state index contributed by atoms with van der Waals surface area (Å²) in [5, 5.41) is 12.2. The Labute approximate surface area is 95.2 Å². The van der Waals surface area contributed by atoms with Crippen molar-refractivity contribution >= 4 is 0 Å². The number of benzene rings is 1. The van der Waals surface area contributed by atoms with E-state index in [1.165, 1.54) is 12.1 Å². The quantitative estimate of drug-likeness (QED) is 0.804. The minimum absolute atomic E-state index is 0.0185. The van der Waals surface area contributed by atoms with Crippen LogP contribution >= 0.6 is 0 Å². The molecular weight excluding hydrogens is 209 g/mol. The summed E-state index contributed by atoms with van der Waals surface area (Å²) in [6.45, 7) is 4.22. The third kappa shape index (κ3) is 3.47. The van der Waals surface area contributed by atoms with E-state index >= 15 is 0 Å². The highest BCUT2D eigenvalue weighted by Gasteiger charge is 2.16. The van der Waals surface area contributed by atoms with Gasteiger partial charge >= 0.3 is 0 Å². The Morgan fingerprint density at radius 2 is 2.12 bits per heavy atom. The first-order chi connectivity index (χ1) is 7.48. The van der Waals surface area contributed by atoms with Gasteiger partial charge in [-0.1, -0.05) is 0 Å². The molecule has 16 heavy (non-hydrogen) atoms. The lowest BCUT2D eigenvalue weighted by Gasteiger charge is -2.24. The summed E-state index contributed by atoms with van der Waals surface area (Å²) in [4.78, 5) is 0. The number of rotatable bonds is 5. The molecule has 0 aliphatic carbocycles. The van der Waals surface area contributed by atoms with Gasteiger partial charge in [0.2, 0.25) is 0 Å². The number of aliphatic hydroxyl groups excluding tert-OH is 1. The fourth-order valence-electron chi connectivity index (χ4n) is 1.28. The van der Waals surface area contributed by atoms with Crippen LogP contribution in [0, 0.1) is 5.82 Å². The highest BCUT2D eigenvalue weighted by atomic mass is 19.1. The SMILES string of the molecule is COc1ccc(F)cc1CNC(C)(C)CO. The molecule has 0 bridgehead atoms. The van der Waals surface area contributed by atoms with E-state index in [0.717, 1.165) is 5.56 Å². The maximum atomic E-state index is 13.1. The predicted molar refractivity (Wildman–Crippen MR) is 61.0 cm³/mol. The van der Waals surface area contributed by atoms with E-state index in [2.05, 4.69) is 5.32 Å². The zero-order valence-corrected chi connectivity index (χ0v) is 9.88. The monoisotopic (exact) mass is 227 g/mol. The first kappa shape index (κ1) is 12.9. The first-order valence-corrected chi connectivity index (χ1v) is 5.17. The molecule has 0 aromatic heterocycles. The Kier molecular flexibility index (Phi) is 4.26. The second kappa shape index (κ2) is 5.27. The number of halogens is 1. The lowest BCUT2D eigenvalue weighted by molar-refractivity contribution is 0.187. The van der Waals surface area contributed by atoms with Crippen LogP contribution in [-0.2, 0) is 6.54 Å². The number of nitrogens with one attached hydrogen (secondary N) is 1. The molecule has 0 radical (unpaired) electrons. The van der Waals surface area contributed by atoms with Crippen LogP contribution in [0.1, 0.15) is 19.4 Å². The number of hydrogen-bond donors (Lipinski definition) is 2. The van der Waals surface area contributed by atoms with Gasteiger partial charge in [0.25, 0.3) is 0 Å². The number of hydrogen-bond acceptors (Lipinski definition) is 3. The van der Waals surface area contributed by atoms with E-state index in [1.807, 2.05) is 13.8 Å². The molecule has 0 saturated heterocycles. The molecule has 0 fully saturated rings. The summed E-state index contributed by atoms with van der Waals surface area (Å²) in [6.07, 6.45) is 0. The Morgan fingerprint density at radius 1 is 1.44 bits per heavy atom. The molecule has 0 saturated carbocycles. The van der Waals surface area contributed by atoms with Crippen molar-refractivity contribution in [1.29, 1.82) is 0 Å². The second-order valence-electron chi connectivity index (χ2n) is 4.35. The van der Waals surface area contributed by atoms with Crippen LogP contribution in [0.25, 0.3) is 0 Å². The summed E-state index contributed by atoms with van der Waals surface area (Å²) < 4.78 is 18.2. The van der Waals surface area contributed by atoms with Gasteiger partial charge in [-0.3, -0.25) is 0 Å². The highest BCUT2D eigenvalue weighted by Crippen LogP contribution is 2.19. The standard InChI is InChI=1S/C12H18FNO2/c1-12(2,8-15)14-7-9-6-10(13)4-5-11(9)16-3/h4-6,14-15H,7-8H2,1-3H3. The smallest absolute Gasteiger partial charge is 0.123 e. The van der Waals surface area contributed by atoms with Crippen molar-refractivity contribution in [1.82, 2.24) is 5.32 Å². The van der Waals surface area contributed by atoms with E-state index in [4.69, 9.17) is 9.84 Å². The van der Waals surface area contributed by atoms with Crippen LogP contribution in [-0.4, -0.2) is 24.4 Å². The molecular formula is C12H18FNO2. The Balaban J connectivity index is 2.76. The van der Waals surface area contributed by atoms with Gasteiger partial charge in [-0.2, -0.15) is 0 Å². The Bertz CT molecular complexity index is 353. The third-order valence-corrected chi connectivity index (χ3v) is 2.40. The van der Waals surface area contributed by atoms with Crippen molar-refractivity contribution in [3.63, 3.8) is 0 Å². The molecule has 0 spiro atoms. The molecule has 0 unspecified atom stereocenters. The fourth-order valence-corrected chi connectivity index (χ4v) is 1.28. The van der Waals surface area contributed by atoms with Crippen LogP contribution in [0.15, 0.2) is 18.2 Å². The van der Waals surface area contributed by atoms with Crippen LogP contribution in [0.4, 0.5) is 4.39 Å². The normalized spacial score (nSPS) is 11.6. The molecule has 1 aromatic carbocycles. The van der Waals surface area contributed by atoms with Gasteiger partial charge in [0.05, 0.1) is 13.7 Å². The van der Waals surface area contributed by atoms with Crippen LogP contribution < -0.4 is 10.1 Å². The summed E-state index contributed by atoms with van der Waals surface area (Å²) in [5.41, 5.74) is 0.348. The topological polar surface area (TPSA) is 41.5 Å². The van der Waals surface area contributed by atoms with Crippen molar-refractivity contribution in [3.8, 4) is 5.75 Å². The number of ether oxygens (including phenoxy) is 1. The van der Waals surface area contributed by atoms with E-state index in [1.54, 1.807) is 13.2 Å². The molecule has 0 atom stereocenters. The fraction of sp³-hybridized carbons (Fsp3) is 0.500.